The summed E-state index contributed by atoms with van der Waals surface area (Å²) in [4.78, 5) is 25.2. The lowest BCUT2D eigenvalue weighted by atomic mass is 10.1. The van der Waals surface area contributed by atoms with Crippen molar-refractivity contribution in [2.75, 3.05) is 17.4 Å². The number of halogens is 3. The minimum atomic E-state index is -0.764. The van der Waals surface area contributed by atoms with Crippen LogP contribution in [0.1, 0.15) is 20.3 Å². The predicted molar refractivity (Wildman–Crippen MR) is 83.1 cm³/mol. The standard InChI is InChI=1S/C15H14Cl2FNO3/c1-8(2)9-5-14(20)19(15(9)21)12-7-13(22-4-3-16)10(17)6-11(12)18/h6-7H,3-5H2,1-2H3. The van der Waals surface area contributed by atoms with Crippen LogP contribution in [0.4, 0.5) is 10.1 Å². The molecule has 0 unspecified atom stereocenters. The second kappa shape index (κ2) is 6.67. The van der Waals surface area contributed by atoms with E-state index in [9.17, 15) is 14.0 Å². The van der Waals surface area contributed by atoms with Crippen LogP contribution in [0.15, 0.2) is 23.3 Å². The lowest BCUT2D eigenvalue weighted by Crippen LogP contribution is -2.30. The second-order valence-electron chi connectivity index (χ2n) is 4.96. The van der Waals surface area contributed by atoms with Gasteiger partial charge in [-0.15, -0.1) is 11.6 Å². The van der Waals surface area contributed by atoms with E-state index < -0.39 is 17.6 Å². The SMILES string of the molecule is CC(C)=C1CC(=O)N(c2cc(OCCCl)c(Cl)cc2F)C1=O. The van der Waals surface area contributed by atoms with E-state index in [0.717, 1.165) is 16.5 Å². The highest BCUT2D eigenvalue weighted by atomic mass is 35.5. The Bertz CT molecular complexity index is 669. The first-order chi connectivity index (χ1) is 10.4. The third-order valence-corrected chi connectivity index (χ3v) is 3.67. The molecule has 118 valence electrons. The Hall–Kier alpha value is -1.59. The van der Waals surface area contributed by atoms with Crippen LogP contribution in [0.3, 0.4) is 0 Å². The van der Waals surface area contributed by atoms with Crippen LogP contribution in [-0.2, 0) is 9.59 Å². The number of carbonyl (C=O) groups excluding carboxylic acids is 2. The van der Waals surface area contributed by atoms with Crippen LogP contribution in [0.25, 0.3) is 0 Å². The highest BCUT2D eigenvalue weighted by Crippen LogP contribution is 2.36. The summed E-state index contributed by atoms with van der Waals surface area (Å²) in [6.45, 7) is 3.64. The van der Waals surface area contributed by atoms with Crippen LogP contribution in [0.5, 0.6) is 5.75 Å². The van der Waals surface area contributed by atoms with Gasteiger partial charge in [0, 0.05) is 11.6 Å². The Kier molecular flexibility index (Phi) is 5.08. The number of allylic oxidation sites excluding steroid dienone is 1. The summed E-state index contributed by atoms with van der Waals surface area (Å²) in [7, 11) is 0. The van der Waals surface area contributed by atoms with Gasteiger partial charge in [-0.05, 0) is 19.9 Å². The maximum absolute atomic E-state index is 14.2. The molecule has 0 aromatic heterocycles. The molecular formula is C15H14Cl2FNO3. The molecule has 1 aromatic rings. The van der Waals surface area contributed by atoms with Crippen molar-refractivity contribution in [3.63, 3.8) is 0 Å². The quantitative estimate of drug-likeness (QED) is 0.475. The van der Waals surface area contributed by atoms with Crippen LogP contribution in [-0.4, -0.2) is 24.3 Å². The first-order valence-electron chi connectivity index (χ1n) is 6.58. The van der Waals surface area contributed by atoms with Gasteiger partial charge >= 0.3 is 0 Å². The number of nitrogens with zero attached hydrogens (tertiary/aromatic N) is 1. The molecule has 0 N–H and O–H groups in total. The zero-order chi connectivity index (χ0) is 16.4. The molecule has 0 atom stereocenters. The average molecular weight is 346 g/mol. The third kappa shape index (κ3) is 3.10. The zero-order valence-corrected chi connectivity index (χ0v) is 13.6. The molecule has 0 saturated carbocycles. The molecule has 1 saturated heterocycles. The van der Waals surface area contributed by atoms with E-state index in [2.05, 4.69) is 0 Å². The van der Waals surface area contributed by atoms with Gasteiger partial charge in [0.2, 0.25) is 5.91 Å². The maximum Gasteiger partial charge on any atom is 0.261 e. The monoisotopic (exact) mass is 345 g/mol. The molecule has 0 aliphatic carbocycles. The Balaban J connectivity index is 2.46. The first-order valence-corrected chi connectivity index (χ1v) is 7.49. The fourth-order valence-electron chi connectivity index (χ4n) is 2.14. The van der Waals surface area contributed by atoms with Crippen molar-refractivity contribution in [3.05, 3.63) is 34.1 Å². The minimum Gasteiger partial charge on any atom is -0.491 e. The van der Waals surface area contributed by atoms with Gasteiger partial charge in [-0.3, -0.25) is 9.59 Å². The summed E-state index contributed by atoms with van der Waals surface area (Å²) in [5.74, 6) is -1.36. The molecule has 22 heavy (non-hydrogen) atoms. The Morgan fingerprint density at radius 2 is 2.05 bits per heavy atom. The first kappa shape index (κ1) is 16.8. The fraction of sp³-hybridized carbons (Fsp3) is 0.333. The number of alkyl halides is 1. The number of hydrogen-bond donors (Lipinski definition) is 0. The number of rotatable bonds is 4. The van der Waals surface area contributed by atoms with E-state index in [1.54, 1.807) is 13.8 Å². The van der Waals surface area contributed by atoms with Crippen molar-refractivity contribution < 1.29 is 18.7 Å². The molecule has 1 heterocycles. The van der Waals surface area contributed by atoms with E-state index in [1.165, 1.54) is 6.07 Å². The highest BCUT2D eigenvalue weighted by molar-refractivity contribution is 6.32. The van der Waals surface area contributed by atoms with Crippen molar-refractivity contribution in [1.29, 1.82) is 0 Å². The van der Waals surface area contributed by atoms with E-state index in [-0.39, 0.29) is 35.4 Å². The van der Waals surface area contributed by atoms with Crippen molar-refractivity contribution in [1.82, 2.24) is 0 Å². The Labute approximate surface area is 137 Å². The Morgan fingerprint density at radius 1 is 1.36 bits per heavy atom. The van der Waals surface area contributed by atoms with Crippen LogP contribution >= 0.6 is 23.2 Å². The van der Waals surface area contributed by atoms with E-state index in [1.807, 2.05) is 0 Å². The molecule has 4 nitrogen and oxygen atoms in total. The molecule has 7 heteroatoms. The highest BCUT2D eigenvalue weighted by Gasteiger charge is 2.37. The molecule has 2 amide bonds. The van der Waals surface area contributed by atoms with Gasteiger partial charge in [0.05, 0.1) is 23.0 Å². The number of ether oxygens (including phenoxy) is 1. The molecule has 0 bridgehead atoms. The molecule has 2 rings (SSSR count). The summed E-state index contributed by atoms with van der Waals surface area (Å²) in [5, 5.41) is 0.0490. The van der Waals surface area contributed by atoms with Gasteiger partial charge in [-0.1, -0.05) is 17.2 Å². The largest absolute Gasteiger partial charge is 0.491 e. The van der Waals surface area contributed by atoms with Gasteiger partial charge in [0.1, 0.15) is 18.2 Å². The molecule has 0 spiro atoms. The Morgan fingerprint density at radius 3 is 2.59 bits per heavy atom. The van der Waals surface area contributed by atoms with Crippen LogP contribution in [0.2, 0.25) is 5.02 Å². The average Bonchev–Trinajstić information content (AvgIpc) is 2.74. The topological polar surface area (TPSA) is 46.6 Å². The van der Waals surface area contributed by atoms with Gasteiger partial charge in [-0.2, -0.15) is 0 Å². The van der Waals surface area contributed by atoms with Gasteiger partial charge < -0.3 is 4.74 Å². The van der Waals surface area contributed by atoms with Crippen molar-refractivity contribution in [3.8, 4) is 5.75 Å². The van der Waals surface area contributed by atoms with Gasteiger partial charge in [0.15, 0.2) is 0 Å². The predicted octanol–water partition coefficient (Wildman–Crippen LogP) is 3.70. The lowest BCUT2D eigenvalue weighted by molar-refractivity contribution is -0.120. The van der Waals surface area contributed by atoms with Crippen molar-refractivity contribution in [2.24, 2.45) is 0 Å². The summed E-state index contributed by atoms with van der Waals surface area (Å²) < 4.78 is 19.4. The molecular weight excluding hydrogens is 332 g/mol. The zero-order valence-electron chi connectivity index (χ0n) is 12.1. The molecule has 1 aromatic carbocycles. The molecule has 1 aliphatic heterocycles. The fourth-order valence-corrected chi connectivity index (χ4v) is 2.42. The van der Waals surface area contributed by atoms with Crippen LogP contribution < -0.4 is 9.64 Å². The molecule has 0 radical (unpaired) electrons. The number of anilines is 1. The minimum absolute atomic E-state index is 0.0406. The summed E-state index contributed by atoms with van der Waals surface area (Å²) in [6.07, 6.45) is -0.0406. The number of benzene rings is 1. The van der Waals surface area contributed by atoms with Gasteiger partial charge in [0.25, 0.3) is 5.91 Å². The summed E-state index contributed by atoms with van der Waals surface area (Å²) in [6, 6.07) is 2.26. The van der Waals surface area contributed by atoms with E-state index >= 15 is 0 Å². The lowest BCUT2D eigenvalue weighted by Gasteiger charge is -2.17. The van der Waals surface area contributed by atoms with E-state index in [4.69, 9.17) is 27.9 Å². The number of amides is 2. The van der Waals surface area contributed by atoms with Gasteiger partial charge in [-0.25, -0.2) is 9.29 Å². The second-order valence-corrected chi connectivity index (χ2v) is 5.75. The van der Waals surface area contributed by atoms with Crippen molar-refractivity contribution >= 4 is 40.7 Å². The number of imide groups is 1. The number of hydrogen-bond acceptors (Lipinski definition) is 3. The van der Waals surface area contributed by atoms with Crippen molar-refractivity contribution in [2.45, 2.75) is 20.3 Å². The third-order valence-electron chi connectivity index (χ3n) is 3.22. The number of carbonyl (C=O) groups is 2. The molecule has 1 aliphatic rings. The molecule has 1 fully saturated rings. The summed E-state index contributed by atoms with van der Waals surface area (Å²) >= 11 is 11.4. The maximum atomic E-state index is 14.2. The normalized spacial score (nSPS) is 14.8. The van der Waals surface area contributed by atoms with E-state index in [0.29, 0.717) is 5.57 Å². The van der Waals surface area contributed by atoms with Crippen LogP contribution in [0, 0.1) is 5.82 Å². The smallest absolute Gasteiger partial charge is 0.261 e. The summed E-state index contributed by atoms with van der Waals surface area (Å²) in [5.41, 5.74) is 0.941.